The molecule has 0 radical (unpaired) electrons. The van der Waals surface area contributed by atoms with Gasteiger partial charge in [0.15, 0.2) is 5.58 Å². The molecule has 1 heterocycles. The quantitative estimate of drug-likeness (QED) is 0.136. The fourth-order valence-electron chi connectivity index (χ4n) is 10.4. The second kappa shape index (κ2) is 17.9. The molecule has 3 heteroatoms. The van der Waals surface area contributed by atoms with Crippen LogP contribution in [0.3, 0.4) is 0 Å². The highest BCUT2D eigenvalue weighted by molar-refractivity contribution is 6.16. The molecule has 0 aliphatic rings. The predicted octanol–water partition coefficient (Wildman–Crippen LogP) is 19.5. The van der Waals surface area contributed by atoms with Crippen LogP contribution in [-0.2, 0) is 0 Å². The summed E-state index contributed by atoms with van der Waals surface area (Å²) in [4.78, 5) is 4.83. The van der Waals surface area contributed by atoms with Gasteiger partial charge in [-0.15, -0.1) is 0 Å². The van der Waals surface area contributed by atoms with Gasteiger partial charge in [0, 0.05) is 39.0 Å². The van der Waals surface area contributed by atoms with E-state index in [1.807, 2.05) is 0 Å². The number of hydrogen-bond acceptors (Lipinski definition) is 3. The molecule has 0 aliphatic heterocycles. The van der Waals surface area contributed by atoms with Gasteiger partial charge in [0.25, 0.3) is 0 Å². The Kier molecular flexibility index (Phi) is 10.5. The SMILES string of the molecule is c1ccc(-c2ccc(N(c3cc(N(c4ccccc4)c4ccc(-c5cccc6ccccc56)cc4-c4ccccc4)c4oc5cc6ccccc6cc5c4c3)c3ccccc3-c3ccccc3)cc2)cc1. The lowest BCUT2D eigenvalue weighted by atomic mass is 9.93. The Morgan fingerprint density at radius 1 is 0.239 bits per heavy atom. The van der Waals surface area contributed by atoms with Crippen LogP contribution in [0.1, 0.15) is 0 Å². The molecule has 0 unspecified atom stereocenters. The van der Waals surface area contributed by atoms with Gasteiger partial charge in [-0.1, -0.05) is 212 Å². The van der Waals surface area contributed by atoms with Gasteiger partial charge < -0.3 is 14.2 Å². The zero-order chi connectivity index (χ0) is 47.1. The van der Waals surface area contributed by atoms with Crippen molar-refractivity contribution >= 4 is 77.6 Å². The molecule has 13 aromatic rings. The molecule has 0 amide bonds. The summed E-state index contributed by atoms with van der Waals surface area (Å²) < 4.78 is 7.25. The second-order valence-electron chi connectivity index (χ2n) is 18.1. The Morgan fingerprint density at radius 3 is 1.49 bits per heavy atom. The van der Waals surface area contributed by atoms with Crippen LogP contribution in [-0.4, -0.2) is 0 Å². The first kappa shape index (κ1) is 41.7. The summed E-state index contributed by atoms with van der Waals surface area (Å²) in [7, 11) is 0. The topological polar surface area (TPSA) is 19.6 Å². The van der Waals surface area contributed by atoms with Crippen LogP contribution in [0.4, 0.5) is 34.1 Å². The highest BCUT2D eigenvalue weighted by atomic mass is 16.3. The van der Waals surface area contributed by atoms with E-state index < -0.39 is 0 Å². The molecule has 0 saturated heterocycles. The lowest BCUT2D eigenvalue weighted by Crippen LogP contribution is -2.15. The fourth-order valence-corrected chi connectivity index (χ4v) is 10.4. The van der Waals surface area contributed by atoms with Gasteiger partial charge in [0.1, 0.15) is 5.58 Å². The van der Waals surface area contributed by atoms with Crippen molar-refractivity contribution in [1.29, 1.82) is 0 Å². The first-order valence-corrected chi connectivity index (χ1v) is 24.2. The van der Waals surface area contributed by atoms with Crippen LogP contribution >= 0.6 is 0 Å². The Labute approximate surface area is 413 Å². The van der Waals surface area contributed by atoms with Crippen molar-refractivity contribution in [2.75, 3.05) is 9.80 Å². The molecule has 12 aromatic carbocycles. The summed E-state index contributed by atoms with van der Waals surface area (Å²) in [5.74, 6) is 0. The van der Waals surface area contributed by atoms with E-state index in [0.717, 1.165) is 100 Å². The van der Waals surface area contributed by atoms with E-state index >= 15 is 0 Å². The zero-order valence-electron chi connectivity index (χ0n) is 38.9. The first-order valence-electron chi connectivity index (χ1n) is 24.2. The van der Waals surface area contributed by atoms with Crippen molar-refractivity contribution in [1.82, 2.24) is 0 Å². The second-order valence-corrected chi connectivity index (χ2v) is 18.1. The predicted molar refractivity (Wildman–Crippen MR) is 300 cm³/mol. The third-order valence-electron chi connectivity index (χ3n) is 13.8. The van der Waals surface area contributed by atoms with Crippen LogP contribution in [0.25, 0.3) is 88.0 Å². The van der Waals surface area contributed by atoms with E-state index in [4.69, 9.17) is 4.42 Å². The first-order chi connectivity index (χ1) is 35.2. The van der Waals surface area contributed by atoms with Gasteiger partial charge in [-0.25, -0.2) is 0 Å². The highest BCUT2D eigenvalue weighted by Crippen LogP contribution is 2.51. The Bertz CT molecular complexity index is 4030. The number of hydrogen-bond donors (Lipinski definition) is 0. The molecule has 0 spiro atoms. The van der Waals surface area contributed by atoms with Crippen LogP contribution in [0.5, 0.6) is 0 Å². The fraction of sp³-hybridized carbons (Fsp3) is 0. The van der Waals surface area contributed by atoms with E-state index in [1.165, 1.54) is 21.9 Å². The number of para-hydroxylation sites is 2. The molecule has 0 N–H and O–H groups in total. The van der Waals surface area contributed by atoms with Gasteiger partial charge in [-0.3, -0.25) is 0 Å². The van der Waals surface area contributed by atoms with E-state index in [0.29, 0.717) is 0 Å². The lowest BCUT2D eigenvalue weighted by molar-refractivity contribution is 0.669. The summed E-state index contributed by atoms with van der Waals surface area (Å²) in [5, 5.41) is 6.81. The molecule has 0 atom stereocenters. The Morgan fingerprint density at radius 2 is 0.761 bits per heavy atom. The maximum absolute atomic E-state index is 7.25. The monoisotopic (exact) mass is 906 g/mol. The molecule has 0 fully saturated rings. The van der Waals surface area contributed by atoms with Gasteiger partial charge >= 0.3 is 0 Å². The molecule has 0 saturated carbocycles. The molecule has 1 aromatic heterocycles. The van der Waals surface area contributed by atoms with E-state index in [-0.39, 0.29) is 0 Å². The van der Waals surface area contributed by atoms with E-state index in [9.17, 15) is 0 Å². The normalized spacial score (nSPS) is 11.4. The zero-order valence-corrected chi connectivity index (χ0v) is 38.9. The summed E-state index contributed by atoms with van der Waals surface area (Å²) in [6.07, 6.45) is 0. The largest absolute Gasteiger partial charge is 0.454 e. The van der Waals surface area contributed by atoms with Gasteiger partial charge in [0.05, 0.1) is 17.1 Å². The van der Waals surface area contributed by atoms with Crippen LogP contribution in [0, 0.1) is 0 Å². The molecule has 71 heavy (non-hydrogen) atoms. The van der Waals surface area contributed by atoms with Crippen LogP contribution in [0.2, 0.25) is 0 Å². The van der Waals surface area contributed by atoms with Gasteiger partial charge in [0.2, 0.25) is 0 Å². The van der Waals surface area contributed by atoms with Crippen molar-refractivity contribution in [2.45, 2.75) is 0 Å². The summed E-state index contributed by atoms with van der Waals surface area (Å²) in [6, 6.07) is 100. The number of furan rings is 1. The van der Waals surface area contributed by atoms with Crippen molar-refractivity contribution < 1.29 is 4.42 Å². The molecule has 0 bridgehead atoms. The molecule has 0 aliphatic carbocycles. The third kappa shape index (κ3) is 7.67. The highest BCUT2D eigenvalue weighted by Gasteiger charge is 2.27. The average molecular weight is 907 g/mol. The lowest BCUT2D eigenvalue weighted by Gasteiger charge is -2.32. The molecule has 334 valence electrons. The summed E-state index contributed by atoms with van der Waals surface area (Å²) in [5.41, 5.74) is 16.8. The molecular weight excluding hydrogens is 861 g/mol. The number of fused-ring (bicyclic) bond motifs is 5. The number of anilines is 6. The molecular formula is C68H46N2O. The Balaban J connectivity index is 1.12. The molecule has 13 rings (SSSR count). The van der Waals surface area contributed by atoms with Crippen molar-refractivity contribution in [3.63, 3.8) is 0 Å². The van der Waals surface area contributed by atoms with Crippen molar-refractivity contribution in [3.8, 4) is 44.5 Å². The van der Waals surface area contributed by atoms with Crippen molar-refractivity contribution in [2.24, 2.45) is 0 Å². The van der Waals surface area contributed by atoms with Crippen LogP contribution in [0.15, 0.2) is 283 Å². The summed E-state index contributed by atoms with van der Waals surface area (Å²) >= 11 is 0. The minimum Gasteiger partial charge on any atom is -0.454 e. The van der Waals surface area contributed by atoms with E-state index in [2.05, 4.69) is 289 Å². The third-order valence-corrected chi connectivity index (χ3v) is 13.8. The molecule has 3 nitrogen and oxygen atoms in total. The number of rotatable bonds is 10. The maximum Gasteiger partial charge on any atom is 0.159 e. The van der Waals surface area contributed by atoms with E-state index in [1.54, 1.807) is 0 Å². The maximum atomic E-state index is 7.25. The average Bonchev–Trinajstić information content (AvgIpc) is 3.81. The number of nitrogens with zero attached hydrogens (tertiary/aromatic N) is 2. The minimum absolute atomic E-state index is 0.802. The van der Waals surface area contributed by atoms with Crippen molar-refractivity contribution in [3.05, 3.63) is 279 Å². The number of benzene rings is 12. The Hall–Kier alpha value is -9.44. The van der Waals surface area contributed by atoms with Gasteiger partial charge in [-0.2, -0.15) is 0 Å². The smallest absolute Gasteiger partial charge is 0.159 e. The van der Waals surface area contributed by atoms with Crippen LogP contribution < -0.4 is 9.80 Å². The standard InChI is InChI=1S/C68H46N2O/c1-5-20-47(21-6-1)48-36-39-56(40-37-48)69(64-35-18-17-33-60(64)50-22-7-2-8-23-50)57-45-63-62-42-52-27-13-14-28-53(52)44-67(62)71-68(63)66(46-57)70(55-30-11-4-12-31-55)65-41-38-54(43-61(65)51-24-9-3-10-25-51)59-34-19-29-49-26-15-16-32-58(49)59/h1-46H. The van der Waals surface area contributed by atoms with Gasteiger partial charge in [-0.05, 0) is 122 Å². The minimum atomic E-state index is 0.802. The summed E-state index contributed by atoms with van der Waals surface area (Å²) in [6.45, 7) is 0.